The molecule has 0 unspecified atom stereocenters. The number of amides is 2. The lowest BCUT2D eigenvalue weighted by molar-refractivity contribution is -0.116. The van der Waals surface area contributed by atoms with Crippen molar-refractivity contribution in [2.45, 2.75) is 12.8 Å². The number of aromatic nitrogens is 2. The monoisotopic (exact) mass is 294 g/mol. The average Bonchev–Trinajstić information content (AvgIpc) is 2.84. The SMILES string of the molecule is NC(=O)c1cnc(NC(=O)CCc2cc(F)cc(F)c2)[nH]1. The van der Waals surface area contributed by atoms with Crippen molar-refractivity contribution in [1.82, 2.24) is 9.97 Å². The molecule has 0 fully saturated rings. The number of carbonyl (C=O) groups excluding carboxylic acids is 2. The Balaban J connectivity index is 1.90. The first kappa shape index (κ1) is 14.6. The maximum absolute atomic E-state index is 13.0. The van der Waals surface area contributed by atoms with Gasteiger partial charge in [-0.05, 0) is 24.1 Å². The average molecular weight is 294 g/mol. The normalized spacial score (nSPS) is 10.4. The van der Waals surface area contributed by atoms with Gasteiger partial charge in [0.1, 0.15) is 17.3 Å². The van der Waals surface area contributed by atoms with Gasteiger partial charge in [0.2, 0.25) is 11.9 Å². The molecule has 0 saturated carbocycles. The molecule has 0 aliphatic heterocycles. The zero-order valence-corrected chi connectivity index (χ0v) is 10.8. The minimum absolute atomic E-state index is 0.00942. The molecule has 21 heavy (non-hydrogen) atoms. The molecule has 110 valence electrons. The van der Waals surface area contributed by atoms with E-state index in [0.717, 1.165) is 18.2 Å². The van der Waals surface area contributed by atoms with Gasteiger partial charge >= 0.3 is 0 Å². The second-order valence-electron chi connectivity index (χ2n) is 4.34. The lowest BCUT2D eigenvalue weighted by Crippen LogP contribution is -2.14. The van der Waals surface area contributed by atoms with Crippen LogP contribution in [0.1, 0.15) is 22.5 Å². The van der Waals surface area contributed by atoms with Gasteiger partial charge in [-0.25, -0.2) is 13.8 Å². The molecule has 0 radical (unpaired) electrons. The highest BCUT2D eigenvalue weighted by Crippen LogP contribution is 2.10. The maximum atomic E-state index is 13.0. The highest BCUT2D eigenvalue weighted by molar-refractivity contribution is 5.93. The number of anilines is 1. The molecule has 1 aromatic carbocycles. The third-order valence-electron chi connectivity index (χ3n) is 2.66. The molecular formula is C13H12F2N4O2. The first-order chi connectivity index (χ1) is 9.94. The molecular weight excluding hydrogens is 282 g/mol. The molecule has 2 aromatic rings. The van der Waals surface area contributed by atoms with Crippen molar-refractivity contribution < 1.29 is 18.4 Å². The third kappa shape index (κ3) is 4.10. The van der Waals surface area contributed by atoms with E-state index in [1.54, 1.807) is 0 Å². The molecule has 2 rings (SSSR count). The number of primary amides is 1. The smallest absolute Gasteiger partial charge is 0.266 e. The van der Waals surface area contributed by atoms with E-state index in [0.29, 0.717) is 5.56 Å². The summed E-state index contributed by atoms with van der Waals surface area (Å²) in [5.74, 6) is -2.41. The fraction of sp³-hybridized carbons (Fsp3) is 0.154. The summed E-state index contributed by atoms with van der Waals surface area (Å²) in [6, 6.07) is 3.08. The Hall–Kier alpha value is -2.77. The topological polar surface area (TPSA) is 101 Å². The van der Waals surface area contributed by atoms with Crippen LogP contribution in [0, 0.1) is 11.6 Å². The van der Waals surface area contributed by atoms with Gasteiger partial charge in [-0.3, -0.25) is 14.9 Å². The van der Waals surface area contributed by atoms with Crippen molar-refractivity contribution in [1.29, 1.82) is 0 Å². The number of aryl methyl sites for hydroxylation is 1. The maximum Gasteiger partial charge on any atom is 0.266 e. The van der Waals surface area contributed by atoms with Crippen LogP contribution in [0.3, 0.4) is 0 Å². The van der Waals surface area contributed by atoms with Gasteiger partial charge in [-0.1, -0.05) is 0 Å². The van der Waals surface area contributed by atoms with Crippen molar-refractivity contribution in [3.05, 3.63) is 47.3 Å². The Labute approximate surface area is 118 Å². The Morgan fingerprint density at radius 3 is 2.48 bits per heavy atom. The van der Waals surface area contributed by atoms with E-state index in [4.69, 9.17) is 5.73 Å². The van der Waals surface area contributed by atoms with Crippen LogP contribution < -0.4 is 11.1 Å². The molecule has 0 atom stereocenters. The van der Waals surface area contributed by atoms with Gasteiger partial charge in [0, 0.05) is 12.5 Å². The first-order valence-electron chi connectivity index (χ1n) is 6.03. The van der Waals surface area contributed by atoms with Crippen LogP contribution in [0.25, 0.3) is 0 Å². The number of imidazole rings is 1. The summed E-state index contributed by atoms with van der Waals surface area (Å²) in [4.78, 5) is 28.8. The van der Waals surface area contributed by atoms with Crippen molar-refractivity contribution in [3.63, 3.8) is 0 Å². The van der Waals surface area contributed by atoms with Gasteiger partial charge in [-0.2, -0.15) is 0 Å². The minimum Gasteiger partial charge on any atom is -0.364 e. The van der Waals surface area contributed by atoms with Crippen LogP contribution in [0.2, 0.25) is 0 Å². The fourth-order valence-electron chi connectivity index (χ4n) is 1.72. The number of nitrogens with zero attached hydrogens (tertiary/aromatic N) is 1. The Morgan fingerprint density at radius 1 is 1.24 bits per heavy atom. The zero-order valence-electron chi connectivity index (χ0n) is 10.8. The van der Waals surface area contributed by atoms with Crippen LogP contribution in [-0.4, -0.2) is 21.8 Å². The molecule has 1 aromatic heterocycles. The number of aromatic amines is 1. The van der Waals surface area contributed by atoms with Crippen molar-refractivity contribution >= 4 is 17.8 Å². The number of rotatable bonds is 5. The van der Waals surface area contributed by atoms with E-state index < -0.39 is 23.4 Å². The minimum atomic E-state index is -0.696. The van der Waals surface area contributed by atoms with E-state index in [9.17, 15) is 18.4 Å². The van der Waals surface area contributed by atoms with Gasteiger partial charge in [0.05, 0.1) is 6.20 Å². The first-order valence-corrected chi connectivity index (χ1v) is 6.03. The van der Waals surface area contributed by atoms with Gasteiger partial charge in [-0.15, -0.1) is 0 Å². The number of H-pyrrole nitrogens is 1. The molecule has 0 spiro atoms. The standard InChI is InChI=1S/C13H12F2N4O2/c14-8-3-7(4-9(15)5-8)1-2-11(20)19-13-17-6-10(18-13)12(16)21/h3-6H,1-2H2,(H2,16,21)(H2,17,18,19,20). The Morgan fingerprint density at radius 2 is 1.90 bits per heavy atom. The number of hydrogen-bond acceptors (Lipinski definition) is 3. The van der Waals surface area contributed by atoms with E-state index in [-0.39, 0.29) is 24.5 Å². The van der Waals surface area contributed by atoms with Crippen molar-refractivity contribution in [2.75, 3.05) is 5.32 Å². The number of benzene rings is 1. The highest BCUT2D eigenvalue weighted by Gasteiger charge is 2.09. The Kier molecular flexibility index (Phi) is 4.27. The summed E-state index contributed by atoms with van der Waals surface area (Å²) in [5, 5.41) is 2.42. The third-order valence-corrected chi connectivity index (χ3v) is 2.66. The molecule has 0 saturated heterocycles. The largest absolute Gasteiger partial charge is 0.364 e. The second-order valence-corrected chi connectivity index (χ2v) is 4.34. The summed E-state index contributed by atoms with van der Waals surface area (Å²) >= 11 is 0. The van der Waals surface area contributed by atoms with Gasteiger partial charge < -0.3 is 10.7 Å². The van der Waals surface area contributed by atoms with Crippen LogP contribution in [-0.2, 0) is 11.2 Å². The van der Waals surface area contributed by atoms with E-state index >= 15 is 0 Å². The van der Waals surface area contributed by atoms with Gasteiger partial charge in [0.25, 0.3) is 5.91 Å². The summed E-state index contributed by atoms with van der Waals surface area (Å²) in [7, 11) is 0. The zero-order chi connectivity index (χ0) is 15.4. The summed E-state index contributed by atoms with van der Waals surface area (Å²) in [6.07, 6.45) is 1.37. The van der Waals surface area contributed by atoms with Crippen LogP contribution in [0.4, 0.5) is 14.7 Å². The van der Waals surface area contributed by atoms with Gasteiger partial charge in [0.15, 0.2) is 0 Å². The predicted octanol–water partition coefficient (Wildman–Crippen LogP) is 1.36. The molecule has 0 bridgehead atoms. The van der Waals surface area contributed by atoms with Crippen LogP contribution in [0.5, 0.6) is 0 Å². The molecule has 0 aliphatic rings. The Bertz CT molecular complexity index is 664. The molecule has 8 heteroatoms. The van der Waals surface area contributed by atoms with Crippen molar-refractivity contribution in [3.8, 4) is 0 Å². The number of hydrogen-bond donors (Lipinski definition) is 3. The quantitative estimate of drug-likeness (QED) is 0.776. The lowest BCUT2D eigenvalue weighted by Gasteiger charge is -2.03. The fourth-order valence-corrected chi connectivity index (χ4v) is 1.72. The summed E-state index contributed by atoms with van der Waals surface area (Å²) in [6.45, 7) is 0. The molecule has 4 N–H and O–H groups in total. The predicted molar refractivity (Wildman–Crippen MR) is 70.4 cm³/mol. The van der Waals surface area contributed by atoms with E-state index in [1.165, 1.54) is 6.20 Å². The molecule has 2 amide bonds. The van der Waals surface area contributed by atoms with Crippen molar-refractivity contribution in [2.24, 2.45) is 5.73 Å². The number of nitrogens with two attached hydrogens (primary N) is 1. The van der Waals surface area contributed by atoms with E-state index in [2.05, 4.69) is 15.3 Å². The number of nitrogens with one attached hydrogen (secondary N) is 2. The number of halogens is 2. The molecule has 6 nitrogen and oxygen atoms in total. The molecule has 1 heterocycles. The van der Waals surface area contributed by atoms with Crippen LogP contribution >= 0.6 is 0 Å². The summed E-state index contributed by atoms with van der Waals surface area (Å²) < 4.78 is 26.0. The van der Waals surface area contributed by atoms with Crippen LogP contribution in [0.15, 0.2) is 24.4 Å². The number of carbonyl (C=O) groups is 2. The van der Waals surface area contributed by atoms with E-state index in [1.807, 2.05) is 0 Å². The second kappa shape index (κ2) is 6.12. The highest BCUT2D eigenvalue weighted by atomic mass is 19.1. The lowest BCUT2D eigenvalue weighted by atomic mass is 10.1. The summed E-state index contributed by atoms with van der Waals surface area (Å²) in [5.41, 5.74) is 5.47. The molecule has 0 aliphatic carbocycles.